The smallest absolute Gasteiger partial charge is 0.255 e. The number of nitrogens with zero attached hydrogens (tertiary/aromatic N) is 3. The first-order valence-corrected chi connectivity index (χ1v) is 10.8. The van der Waals surface area contributed by atoms with Crippen LogP contribution < -0.4 is 10.6 Å². The fourth-order valence-electron chi connectivity index (χ4n) is 3.79. The monoisotopic (exact) mass is 471 g/mol. The number of nitrogens with one attached hydrogen (secondary N) is 4. The van der Waals surface area contributed by atoms with Crippen molar-refractivity contribution < 1.29 is 14.0 Å². The lowest BCUT2D eigenvalue weighted by atomic mass is 10.1. The summed E-state index contributed by atoms with van der Waals surface area (Å²) in [6.07, 6.45) is 2.18. The van der Waals surface area contributed by atoms with Gasteiger partial charge in [-0.2, -0.15) is 0 Å². The van der Waals surface area contributed by atoms with Crippen molar-refractivity contribution in [2.45, 2.75) is 25.6 Å². The third-order valence-corrected chi connectivity index (χ3v) is 5.80. The molecular formula is C22H23ClFN7O2. The summed E-state index contributed by atoms with van der Waals surface area (Å²) in [6, 6.07) is 4.27. The minimum Gasteiger partial charge on any atom is -0.388 e. The number of fused-ring (bicyclic) bond motifs is 1. The average Bonchev–Trinajstić information content (AvgIpc) is 3.43. The van der Waals surface area contributed by atoms with Gasteiger partial charge in [-0.05, 0) is 31.5 Å². The van der Waals surface area contributed by atoms with E-state index in [4.69, 9.17) is 17.0 Å². The number of likely N-dealkylation sites (tertiary alicyclic amines) is 1. The maximum absolute atomic E-state index is 13.4. The maximum Gasteiger partial charge on any atom is 0.255 e. The molecule has 1 saturated heterocycles. The summed E-state index contributed by atoms with van der Waals surface area (Å²) in [5.41, 5.74) is 2.46. The zero-order valence-electron chi connectivity index (χ0n) is 18.1. The van der Waals surface area contributed by atoms with Gasteiger partial charge in [0.25, 0.3) is 5.91 Å². The Kier molecular flexibility index (Phi) is 6.28. The van der Waals surface area contributed by atoms with E-state index in [0.29, 0.717) is 34.9 Å². The Morgan fingerprint density at radius 3 is 2.85 bits per heavy atom. The number of aromatic nitrogens is 3. The highest BCUT2D eigenvalue weighted by molar-refractivity contribution is 6.31. The Morgan fingerprint density at radius 2 is 2.15 bits per heavy atom. The number of hydrogen-bond donors (Lipinski definition) is 4. The van der Waals surface area contributed by atoms with E-state index in [1.165, 1.54) is 17.3 Å². The molecule has 0 radical (unpaired) electrons. The standard InChI is InChI=1S/C22H23ClFN7O2/c1-11(22(33)31-6-5-13(24)10-31)29-21(32)15-8-27-20-19(15)30-17(9-28-20)18(25)14-4-3-12(23)7-16(14)26-2/h3-4,7-9,11,13,25-26H,5-6,10H2,1-2H3,(H,27,28)(H,29,32)/t11-,13?/m1/s1. The first kappa shape index (κ1) is 22.7. The summed E-state index contributed by atoms with van der Waals surface area (Å²) in [7, 11) is 1.73. The van der Waals surface area contributed by atoms with Crippen LogP contribution in [0.3, 0.4) is 0 Å². The molecule has 3 aromatic rings. The van der Waals surface area contributed by atoms with Gasteiger partial charge in [0.15, 0.2) is 5.65 Å². The molecule has 1 aromatic carbocycles. The maximum atomic E-state index is 13.4. The van der Waals surface area contributed by atoms with E-state index in [-0.39, 0.29) is 34.9 Å². The summed E-state index contributed by atoms with van der Waals surface area (Å²) in [5.74, 6) is -0.849. The van der Waals surface area contributed by atoms with E-state index in [1.54, 1.807) is 32.2 Å². The van der Waals surface area contributed by atoms with Crippen LogP contribution in [0.15, 0.2) is 30.6 Å². The number of hydrogen-bond acceptors (Lipinski definition) is 6. The van der Waals surface area contributed by atoms with Crippen LogP contribution >= 0.6 is 11.6 Å². The molecule has 4 N–H and O–H groups in total. The summed E-state index contributed by atoms with van der Waals surface area (Å²) in [4.78, 5) is 38.5. The molecule has 0 bridgehead atoms. The number of anilines is 1. The molecule has 33 heavy (non-hydrogen) atoms. The van der Waals surface area contributed by atoms with Gasteiger partial charge in [-0.15, -0.1) is 0 Å². The molecule has 0 saturated carbocycles. The Bertz CT molecular complexity index is 1240. The fraction of sp³-hybridized carbons (Fsp3) is 0.318. The Balaban J connectivity index is 1.57. The third kappa shape index (κ3) is 4.51. The molecule has 2 aromatic heterocycles. The van der Waals surface area contributed by atoms with E-state index in [9.17, 15) is 14.0 Å². The number of alkyl halides is 1. The van der Waals surface area contributed by atoms with E-state index >= 15 is 0 Å². The predicted octanol–water partition coefficient (Wildman–Crippen LogP) is 2.76. The largest absolute Gasteiger partial charge is 0.388 e. The first-order chi connectivity index (χ1) is 15.8. The zero-order chi connectivity index (χ0) is 23.7. The molecule has 1 fully saturated rings. The topological polar surface area (TPSA) is 127 Å². The van der Waals surface area contributed by atoms with Gasteiger partial charge in [-0.25, -0.2) is 14.4 Å². The second kappa shape index (κ2) is 9.14. The van der Waals surface area contributed by atoms with E-state index < -0.39 is 18.1 Å². The Hall–Kier alpha value is -3.53. The molecule has 9 nitrogen and oxygen atoms in total. The molecule has 11 heteroatoms. The number of benzene rings is 1. The highest BCUT2D eigenvalue weighted by Gasteiger charge is 2.30. The molecule has 4 rings (SSSR count). The number of amides is 2. The normalized spacial score (nSPS) is 16.6. The lowest BCUT2D eigenvalue weighted by Gasteiger charge is -2.20. The predicted molar refractivity (Wildman–Crippen MR) is 124 cm³/mol. The number of rotatable bonds is 6. The molecule has 2 atom stereocenters. The second-order valence-electron chi connectivity index (χ2n) is 7.84. The van der Waals surface area contributed by atoms with Crippen molar-refractivity contribution in [2.75, 3.05) is 25.5 Å². The van der Waals surface area contributed by atoms with Crippen molar-refractivity contribution in [3.63, 3.8) is 0 Å². The van der Waals surface area contributed by atoms with Crippen molar-refractivity contribution in [1.29, 1.82) is 5.41 Å². The minimum atomic E-state index is -1.03. The first-order valence-electron chi connectivity index (χ1n) is 10.4. The average molecular weight is 472 g/mol. The van der Waals surface area contributed by atoms with Gasteiger partial charge in [0.2, 0.25) is 5.91 Å². The molecule has 0 spiro atoms. The fourth-order valence-corrected chi connectivity index (χ4v) is 3.96. The van der Waals surface area contributed by atoms with Gasteiger partial charge in [0.05, 0.1) is 24.0 Å². The summed E-state index contributed by atoms with van der Waals surface area (Å²) in [5, 5.41) is 14.8. The molecule has 0 aliphatic carbocycles. The Morgan fingerprint density at radius 1 is 1.36 bits per heavy atom. The molecule has 3 heterocycles. The van der Waals surface area contributed by atoms with Crippen LogP contribution in [0.1, 0.15) is 35.0 Å². The van der Waals surface area contributed by atoms with Crippen LogP contribution in [0.5, 0.6) is 0 Å². The summed E-state index contributed by atoms with van der Waals surface area (Å²) >= 11 is 6.05. The van der Waals surface area contributed by atoms with Crippen LogP contribution in [0.2, 0.25) is 5.02 Å². The van der Waals surface area contributed by atoms with Gasteiger partial charge >= 0.3 is 0 Å². The molecule has 1 aliphatic heterocycles. The zero-order valence-corrected chi connectivity index (χ0v) is 18.8. The van der Waals surface area contributed by atoms with Gasteiger partial charge in [-0.3, -0.25) is 15.0 Å². The SMILES string of the molecule is CNc1cc(Cl)ccc1C(=N)c1cnc2[nH]cc(C(=O)N[C@H](C)C(=O)N3CCC(F)C3)c2n1. The lowest BCUT2D eigenvalue weighted by Crippen LogP contribution is -2.46. The highest BCUT2D eigenvalue weighted by atomic mass is 35.5. The van der Waals surface area contributed by atoms with Crippen LogP contribution in [0.4, 0.5) is 10.1 Å². The van der Waals surface area contributed by atoms with Crippen LogP contribution in [-0.4, -0.2) is 69.7 Å². The Labute approximate surface area is 194 Å². The second-order valence-corrected chi connectivity index (χ2v) is 8.27. The number of carbonyl (C=O) groups is 2. The number of carbonyl (C=O) groups excluding carboxylic acids is 2. The van der Waals surface area contributed by atoms with Crippen LogP contribution in [0, 0.1) is 5.41 Å². The van der Waals surface area contributed by atoms with Gasteiger partial charge in [0, 0.05) is 36.1 Å². The van der Waals surface area contributed by atoms with Crippen molar-refractivity contribution in [1.82, 2.24) is 25.2 Å². The highest BCUT2D eigenvalue weighted by Crippen LogP contribution is 2.24. The van der Waals surface area contributed by atoms with Crippen molar-refractivity contribution in [2.24, 2.45) is 0 Å². The summed E-state index contributed by atoms with van der Waals surface area (Å²) in [6.45, 7) is 1.94. The number of halogens is 2. The van der Waals surface area contributed by atoms with Gasteiger partial charge < -0.3 is 20.5 Å². The van der Waals surface area contributed by atoms with Gasteiger partial charge in [0.1, 0.15) is 23.4 Å². The quantitative estimate of drug-likeness (QED) is 0.411. The molecule has 1 unspecified atom stereocenters. The molecule has 2 amide bonds. The van der Waals surface area contributed by atoms with E-state index in [0.717, 1.165) is 0 Å². The van der Waals surface area contributed by atoms with Crippen molar-refractivity contribution in [3.8, 4) is 0 Å². The number of aromatic amines is 1. The van der Waals surface area contributed by atoms with Crippen molar-refractivity contribution in [3.05, 3.63) is 52.4 Å². The molecular weight excluding hydrogens is 449 g/mol. The number of H-pyrrole nitrogens is 1. The van der Waals surface area contributed by atoms with Crippen molar-refractivity contribution >= 4 is 46.0 Å². The lowest BCUT2D eigenvalue weighted by molar-refractivity contribution is -0.131. The summed E-state index contributed by atoms with van der Waals surface area (Å²) < 4.78 is 13.4. The molecule has 172 valence electrons. The minimum absolute atomic E-state index is 0.0440. The molecule has 1 aliphatic rings. The van der Waals surface area contributed by atoms with Gasteiger partial charge in [-0.1, -0.05) is 11.6 Å². The van der Waals surface area contributed by atoms with Crippen LogP contribution in [0.25, 0.3) is 11.2 Å². The van der Waals surface area contributed by atoms with Crippen LogP contribution in [-0.2, 0) is 4.79 Å². The van der Waals surface area contributed by atoms with E-state index in [2.05, 4.69) is 25.6 Å². The third-order valence-electron chi connectivity index (χ3n) is 5.56. The van der Waals surface area contributed by atoms with E-state index in [1.807, 2.05) is 0 Å².